The quantitative estimate of drug-likeness (QED) is 0.454. The van der Waals surface area contributed by atoms with Crippen molar-refractivity contribution < 1.29 is 14.3 Å². The highest BCUT2D eigenvalue weighted by Crippen LogP contribution is 2.28. The summed E-state index contributed by atoms with van der Waals surface area (Å²) in [6, 6.07) is 15.2. The molecule has 1 aliphatic rings. The van der Waals surface area contributed by atoms with E-state index in [1.807, 2.05) is 42.5 Å². The Morgan fingerprint density at radius 2 is 1.88 bits per heavy atom. The van der Waals surface area contributed by atoms with Crippen LogP contribution in [-0.2, 0) is 9.53 Å². The molecule has 2 aromatic rings. The smallest absolute Gasteiger partial charge is 0.253 e. The van der Waals surface area contributed by atoms with Crippen molar-refractivity contribution in [2.75, 3.05) is 43.6 Å². The van der Waals surface area contributed by atoms with E-state index in [0.717, 1.165) is 43.6 Å². The zero-order valence-corrected chi connectivity index (χ0v) is 19.0. The molecule has 0 aliphatic carbocycles. The summed E-state index contributed by atoms with van der Waals surface area (Å²) in [5.41, 5.74) is 3.05. The molecule has 1 saturated heterocycles. The minimum absolute atomic E-state index is 0.134. The maximum absolute atomic E-state index is 13.0. The highest BCUT2D eigenvalue weighted by Gasteiger charge is 2.21. The van der Waals surface area contributed by atoms with Gasteiger partial charge in [0.2, 0.25) is 5.91 Å². The van der Waals surface area contributed by atoms with Crippen molar-refractivity contribution >= 4 is 29.3 Å². The van der Waals surface area contributed by atoms with E-state index < -0.39 is 0 Å². The average molecular weight is 436 g/mol. The molecular formula is C26H33N3O3. The molecule has 2 N–H and O–H groups in total. The number of rotatable bonds is 9. The van der Waals surface area contributed by atoms with Gasteiger partial charge in [-0.05, 0) is 55.0 Å². The third-order valence-corrected chi connectivity index (χ3v) is 5.67. The number of nitrogens with one attached hydrogen (secondary N) is 2. The molecule has 0 unspecified atom stereocenters. The summed E-state index contributed by atoms with van der Waals surface area (Å²) in [6.07, 6.45) is 6.23. The van der Waals surface area contributed by atoms with E-state index in [1.54, 1.807) is 19.3 Å². The predicted molar refractivity (Wildman–Crippen MR) is 130 cm³/mol. The van der Waals surface area contributed by atoms with Gasteiger partial charge >= 0.3 is 0 Å². The molecule has 0 aromatic heterocycles. The van der Waals surface area contributed by atoms with Gasteiger partial charge in [0.1, 0.15) is 0 Å². The lowest BCUT2D eigenvalue weighted by atomic mass is 9.97. The molecule has 2 aromatic carbocycles. The fourth-order valence-electron chi connectivity index (χ4n) is 3.75. The number of piperidine rings is 1. The van der Waals surface area contributed by atoms with Crippen molar-refractivity contribution in [1.29, 1.82) is 0 Å². The maximum atomic E-state index is 13.0. The maximum Gasteiger partial charge on any atom is 0.253 e. The summed E-state index contributed by atoms with van der Waals surface area (Å²) in [6.45, 7) is 5.26. The second-order valence-electron chi connectivity index (χ2n) is 8.24. The highest BCUT2D eigenvalue weighted by molar-refractivity contribution is 6.05. The van der Waals surface area contributed by atoms with Crippen LogP contribution in [0.5, 0.6) is 0 Å². The Kier molecular flexibility index (Phi) is 8.87. The summed E-state index contributed by atoms with van der Waals surface area (Å²) in [7, 11) is 1.65. The van der Waals surface area contributed by atoms with Crippen molar-refractivity contribution in [2.24, 2.45) is 5.92 Å². The second kappa shape index (κ2) is 12.1. The van der Waals surface area contributed by atoms with Gasteiger partial charge in [-0.1, -0.05) is 37.3 Å². The normalized spacial score (nSPS) is 14.5. The monoisotopic (exact) mass is 435 g/mol. The van der Waals surface area contributed by atoms with E-state index in [-0.39, 0.29) is 11.8 Å². The fraction of sp³-hybridized carbons (Fsp3) is 0.385. The number of hydrogen-bond donors (Lipinski definition) is 2. The first kappa shape index (κ1) is 23.5. The molecular weight excluding hydrogens is 402 g/mol. The lowest BCUT2D eigenvalue weighted by Gasteiger charge is -2.33. The first-order valence-corrected chi connectivity index (χ1v) is 11.3. The summed E-state index contributed by atoms with van der Waals surface area (Å²) in [5, 5.41) is 5.85. The summed E-state index contributed by atoms with van der Waals surface area (Å²) >= 11 is 0. The van der Waals surface area contributed by atoms with E-state index in [2.05, 4.69) is 22.5 Å². The summed E-state index contributed by atoms with van der Waals surface area (Å²) in [4.78, 5) is 27.7. The molecule has 2 amide bonds. The van der Waals surface area contributed by atoms with Crippen LogP contribution < -0.4 is 15.5 Å². The number of methoxy groups -OCH3 is 1. The van der Waals surface area contributed by atoms with Crippen LogP contribution >= 0.6 is 0 Å². The molecule has 0 bridgehead atoms. The Labute approximate surface area is 190 Å². The van der Waals surface area contributed by atoms with Crippen molar-refractivity contribution in [3.05, 3.63) is 65.7 Å². The SMILES string of the molecule is COCCCNC(=O)c1cc(NC(=O)C=Cc2ccccc2)ccc1N1CCC(C)CC1. The Balaban J connectivity index is 1.74. The number of amides is 2. The number of ether oxygens (including phenoxy) is 1. The van der Waals surface area contributed by atoms with Gasteiger partial charge in [-0.15, -0.1) is 0 Å². The first-order chi connectivity index (χ1) is 15.6. The molecule has 1 aliphatic heterocycles. The van der Waals surface area contributed by atoms with Gasteiger partial charge < -0.3 is 20.3 Å². The number of carbonyl (C=O) groups excluding carboxylic acids is 2. The Morgan fingerprint density at radius 3 is 2.59 bits per heavy atom. The molecule has 1 heterocycles. The van der Waals surface area contributed by atoms with Crippen LogP contribution in [0.15, 0.2) is 54.6 Å². The molecule has 32 heavy (non-hydrogen) atoms. The molecule has 6 nitrogen and oxygen atoms in total. The van der Waals surface area contributed by atoms with E-state index in [4.69, 9.17) is 4.74 Å². The van der Waals surface area contributed by atoms with Crippen molar-refractivity contribution in [1.82, 2.24) is 5.32 Å². The van der Waals surface area contributed by atoms with Crippen molar-refractivity contribution in [3.8, 4) is 0 Å². The first-order valence-electron chi connectivity index (χ1n) is 11.3. The lowest BCUT2D eigenvalue weighted by molar-refractivity contribution is -0.111. The third kappa shape index (κ3) is 6.95. The number of benzene rings is 2. The molecule has 0 radical (unpaired) electrons. The summed E-state index contributed by atoms with van der Waals surface area (Å²) in [5.74, 6) is 0.332. The standard InChI is InChI=1S/C26H33N3O3/c1-20-13-16-29(17-14-20)24-11-10-22(19-23(24)26(31)27-15-6-18-32-2)28-25(30)12-9-21-7-4-3-5-8-21/h3-5,7-12,19-20H,6,13-18H2,1-2H3,(H,27,31)(H,28,30). The van der Waals surface area contributed by atoms with Gasteiger partial charge in [0.25, 0.3) is 5.91 Å². The number of nitrogens with zero attached hydrogens (tertiary/aromatic N) is 1. The predicted octanol–water partition coefficient (Wildman–Crippen LogP) is 4.34. The van der Waals surface area contributed by atoms with E-state index in [0.29, 0.717) is 30.3 Å². The van der Waals surface area contributed by atoms with Gasteiger partial charge in [0.15, 0.2) is 0 Å². The summed E-state index contributed by atoms with van der Waals surface area (Å²) < 4.78 is 5.06. The van der Waals surface area contributed by atoms with Crippen LogP contribution in [-0.4, -0.2) is 45.2 Å². The van der Waals surface area contributed by atoms with Crippen LogP contribution in [0.3, 0.4) is 0 Å². The van der Waals surface area contributed by atoms with E-state index in [1.165, 1.54) is 6.08 Å². The third-order valence-electron chi connectivity index (χ3n) is 5.67. The van der Waals surface area contributed by atoms with E-state index >= 15 is 0 Å². The Hall–Kier alpha value is -3.12. The van der Waals surface area contributed by atoms with Crippen LogP contribution in [0.25, 0.3) is 6.08 Å². The second-order valence-corrected chi connectivity index (χ2v) is 8.24. The minimum atomic E-state index is -0.236. The Bertz CT molecular complexity index is 919. The van der Waals surface area contributed by atoms with Gasteiger partial charge in [-0.25, -0.2) is 0 Å². The largest absolute Gasteiger partial charge is 0.385 e. The molecule has 170 valence electrons. The average Bonchev–Trinajstić information content (AvgIpc) is 2.82. The van der Waals surface area contributed by atoms with Gasteiger partial charge in [-0.2, -0.15) is 0 Å². The number of carbonyl (C=O) groups is 2. The topological polar surface area (TPSA) is 70.7 Å². The van der Waals surface area contributed by atoms with Crippen LogP contribution in [0.2, 0.25) is 0 Å². The van der Waals surface area contributed by atoms with Crippen LogP contribution in [0.1, 0.15) is 42.1 Å². The van der Waals surface area contributed by atoms with Gasteiger partial charge in [-0.3, -0.25) is 9.59 Å². The molecule has 1 fully saturated rings. The Morgan fingerprint density at radius 1 is 1.12 bits per heavy atom. The molecule has 0 atom stereocenters. The fourth-order valence-corrected chi connectivity index (χ4v) is 3.75. The number of anilines is 2. The van der Waals surface area contributed by atoms with Crippen molar-refractivity contribution in [3.63, 3.8) is 0 Å². The zero-order valence-electron chi connectivity index (χ0n) is 19.0. The lowest BCUT2D eigenvalue weighted by Crippen LogP contribution is -2.35. The van der Waals surface area contributed by atoms with Gasteiger partial charge in [0, 0.05) is 50.8 Å². The highest BCUT2D eigenvalue weighted by atomic mass is 16.5. The van der Waals surface area contributed by atoms with Crippen LogP contribution in [0.4, 0.5) is 11.4 Å². The van der Waals surface area contributed by atoms with Crippen LogP contribution in [0, 0.1) is 5.92 Å². The molecule has 3 rings (SSSR count). The van der Waals surface area contributed by atoms with Gasteiger partial charge in [0.05, 0.1) is 5.56 Å². The molecule has 0 spiro atoms. The molecule has 0 saturated carbocycles. The molecule has 6 heteroatoms. The zero-order chi connectivity index (χ0) is 22.8. The van der Waals surface area contributed by atoms with E-state index in [9.17, 15) is 9.59 Å². The number of hydrogen-bond acceptors (Lipinski definition) is 4. The van der Waals surface area contributed by atoms with Crippen molar-refractivity contribution in [2.45, 2.75) is 26.2 Å². The minimum Gasteiger partial charge on any atom is -0.385 e.